The molecule has 0 N–H and O–H groups in total. The van der Waals surface area contributed by atoms with Crippen molar-refractivity contribution in [3.63, 3.8) is 0 Å². The molecule has 0 aliphatic carbocycles. The van der Waals surface area contributed by atoms with E-state index < -0.39 is 8.86 Å². The summed E-state index contributed by atoms with van der Waals surface area (Å²) in [6.07, 6.45) is 5.31. The van der Waals surface area contributed by atoms with Gasteiger partial charge in [-0.1, -0.05) is 5.92 Å². The maximum atomic E-state index is 10.8. The molecule has 10 heavy (non-hydrogen) atoms. The van der Waals surface area contributed by atoms with Crippen LogP contribution < -0.4 is 0 Å². The Morgan fingerprint density at radius 1 is 1.60 bits per heavy atom. The summed E-state index contributed by atoms with van der Waals surface area (Å²) in [5.74, 6) is 4.37. The molecule has 1 nitrogen and oxygen atoms in total. The smallest absolute Gasteiger partial charge is 0.141 e. The van der Waals surface area contributed by atoms with Gasteiger partial charge >= 0.3 is 0 Å². The summed E-state index contributed by atoms with van der Waals surface area (Å²) >= 11 is 0. The summed E-state index contributed by atoms with van der Waals surface area (Å²) in [6, 6.07) is 0. The Labute approximate surface area is 71.0 Å². The van der Waals surface area contributed by atoms with Crippen molar-refractivity contribution in [3.05, 3.63) is 0 Å². The van der Waals surface area contributed by atoms with E-state index in [0.29, 0.717) is 0 Å². The van der Waals surface area contributed by atoms with Crippen molar-refractivity contribution in [1.82, 2.24) is 0 Å². The average molecular weight is 192 g/mol. The van der Waals surface area contributed by atoms with E-state index >= 15 is 0 Å². The molecule has 0 saturated carbocycles. The van der Waals surface area contributed by atoms with Gasteiger partial charge in [0.1, 0.15) is 8.86 Å². The summed E-state index contributed by atoms with van der Waals surface area (Å²) in [6.45, 7) is 2.03. The van der Waals surface area contributed by atoms with Crippen molar-refractivity contribution < 1.29 is 4.21 Å². The number of rotatable bonds is 0. The topological polar surface area (TPSA) is 17.1 Å². The van der Waals surface area contributed by atoms with E-state index in [1.807, 2.05) is 6.92 Å². The zero-order valence-corrected chi connectivity index (χ0v) is 8.07. The fourth-order valence-corrected chi connectivity index (χ4v) is 5.62. The lowest BCUT2D eigenvalue weighted by Gasteiger charge is -2.25. The van der Waals surface area contributed by atoms with Crippen LogP contribution in [0.25, 0.3) is 0 Å². The van der Waals surface area contributed by atoms with Crippen LogP contribution in [0.3, 0.4) is 0 Å². The monoisotopic (exact) mass is 192 g/mol. The van der Waals surface area contributed by atoms with Gasteiger partial charge in [-0.05, 0) is 28.5 Å². The molecule has 1 fully saturated rings. The van der Waals surface area contributed by atoms with Gasteiger partial charge in [-0.15, -0.1) is 6.42 Å². The first-order valence-corrected chi connectivity index (χ1v) is 6.98. The lowest BCUT2D eigenvalue weighted by Crippen LogP contribution is -2.23. The molecule has 0 unspecified atom stereocenters. The molecule has 56 valence electrons. The number of terminal acetylenes is 1. The standard InChI is InChI=1S/C6H8OS3/c1-3-6(2)4-8-10(7)9-5-6/h1H,4-5H2,2H3. The molecule has 0 bridgehead atoms. The van der Waals surface area contributed by atoms with E-state index in [-0.39, 0.29) is 5.41 Å². The molecule has 4 heteroatoms. The highest BCUT2D eigenvalue weighted by molar-refractivity contribution is 9.02. The minimum Gasteiger partial charge on any atom is -0.236 e. The lowest BCUT2D eigenvalue weighted by atomic mass is 9.98. The molecule has 0 amide bonds. The molecular formula is C6H8OS3. The predicted molar refractivity (Wildman–Crippen MR) is 50.0 cm³/mol. The predicted octanol–water partition coefficient (Wildman–Crippen LogP) is 1.68. The second kappa shape index (κ2) is 3.21. The van der Waals surface area contributed by atoms with Crippen molar-refractivity contribution >= 4 is 30.5 Å². The molecule has 0 aromatic heterocycles. The molecule has 0 spiro atoms. The van der Waals surface area contributed by atoms with Gasteiger partial charge in [-0.25, -0.2) is 4.21 Å². The first-order valence-electron chi connectivity index (χ1n) is 2.82. The van der Waals surface area contributed by atoms with Crippen molar-refractivity contribution in [3.8, 4) is 12.3 Å². The average Bonchev–Trinajstić information content (AvgIpc) is 1.96. The third kappa shape index (κ3) is 1.94. The first kappa shape index (κ1) is 8.51. The zero-order chi connectivity index (χ0) is 7.61. The fraction of sp³-hybridized carbons (Fsp3) is 0.667. The third-order valence-corrected chi connectivity index (χ3v) is 6.78. The summed E-state index contributed by atoms with van der Waals surface area (Å²) in [5.41, 5.74) is -0.0384. The van der Waals surface area contributed by atoms with Gasteiger partial charge in [-0.2, -0.15) is 0 Å². The molecule has 0 atom stereocenters. The van der Waals surface area contributed by atoms with E-state index in [2.05, 4.69) is 5.92 Å². The second-order valence-electron chi connectivity index (χ2n) is 2.43. The highest BCUT2D eigenvalue weighted by atomic mass is 33.5. The zero-order valence-electron chi connectivity index (χ0n) is 5.62. The first-order chi connectivity index (χ1) is 4.66. The molecule has 1 saturated heterocycles. The lowest BCUT2D eigenvalue weighted by molar-refractivity contribution is 0.598. The van der Waals surface area contributed by atoms with Crippen molar-refractivity contribution in [2.45, 2.75) is 6.92 Å². The van der Waals surface area contributed by atoms with Crippen molar-refractivity contribution in [2.24, 2.45) is 5.41 Å². The third-order valence-electron chi connectivity index (χ3n) is 1.30. The van der Waals surface area contributed by atoms with Gasteiger partial charge in [-0.3, -0.25) is 0 Å². The van der Waals surface area contributed by atoms with Gasteiger partial charge in [0.2, 0.25) is 0 Å². The molecule has 1 heterocycles. The Bertz CT molecular complexity index is 184. The quantitative estimate of drug-likeness (QED) is 0.429. The second-order valence-corrected chi connectivity index (χ2v) is 7.75. The SMILES string of the molecule is C#CC1(C)CSS(=O)SC1. The van der Waals surface area contributed by atoms with Crippen molar-refractivity contribution in [2.75, 3.05) is 11.5 Å². The van der Waals surface area contributed by atoms with E-state index in [1.54, 1.807) is 0 Å². The van der Waals surface area contributed by atoms with Gasteiger partial charge in [0.05, 0.1) is 0 Å². The Balaban J connectivity index is 2.56. The fourth-order valence-electron chi connectivity index (χ4n) is 0.515. The summed E-state index contributed by atoms with van der Waals surface area (Å²) in [7, 11) is 2.13. The Morgan fingerprint density at radius 2 is 2.10 bits per heavy atom. The van der Waals surface area contributed by atoms with Crippen LogP contribution in [-0.2, 0) is 8.86 Å². The van der Waals surface area contributed by atoms with E-state index in [9.17, 15) is 4.21 Å². The van der Waals surface area contributed by atoms with Gasteiger partial charge < -0.3 is 0 Å². The van der Waals surface area contributed by atoms with Crippen LogP contribution in [0, 0.1) is 17.8 Å². The van der Waals surface area contributed by atoms with Crippen LogP contribution in [0.5, 0.6) is 0 Å². The Hall–Kier alpha value is 0.410. The minimum atomic E-state index is -0.751. The van der Waals surface area contributed by atoms with Crippen LogP contribution in [0.15, 0.2) is 0 Å². The molecule has 1 rings (SSSR count). The molecule has 0 aromatic carbocycles. The van der Waals surface area contributed by atoms with Crippen LogP contribution in [0.1, 0.15) is 6.92 Å². The Kier molecular flexibility index (Phi) is 2.73. The van der Waals surface area contributed by atoms with Gasteiger partial charge in [0.25, 0.3) is 0 Å². The molecule has 0 radical (unpaired) electrons. The molecule has 0 aromatic rings. The van der Waals surface area contributed by atoms with Gasteiger partial charge in [0, 0.05) is 16.9 Å². The summed E-state index contributed by atoms with van der Waals surface area (Å²) in [4.78, 5) is 0. The highest BCUT2D eigenvalue weighted by Gasteiger charge is 2.28. The normalized spacial score (nSPS) is 40.6. The number of hydrogen-bond donors (Lipinski definition) is 0. The van der Waals surface area contributed by atoms with Crippen LogP contribution >= 0.6 is 21.6 Å². The van der Waals surface area contributed by atoms with E-state index in [1.165, 1.54) is 21.6 Å². The minimum absolute atomic E-state index is 0.0384. The van der Waals surface area contributed by atoms with E-state index in [4.69, 9.17) is 6.42 Å². The molecule has 1 aliphatic rings. The van der Waals surface area contributed by atoms with Crippen molar-refractivity contribution in [1.29, 1.82) is 0 Å². The summed E-state index contributed by atoms with van der Waals surface area (Å²) in [5, 5.41) is 0. The molecular weight excluding hydrogens is 184 g/mol. The van der Waals surface area contributed by atoms with Gasteiger partial charge in [0.15, 0.2) is 0 Å². The molecule has 1 aliphatic heterocycles. The van der Waals surface area contributed by atoms with E-state index in [0.717, 1.165) is 11.5 Å². The van der Waals surface area contributed by atoms with Crippen LogP contribution in [0.2, 0.25) is 0 Å². The summed E-state index contributed by atoms with van der Waals surface area (Å²) < 4.78 is 10.8. The Morgan fingerprint density at radius 3 is 2.50 bits per heavy atom. The number of hydrogen-bond acceptors (Lipinski definition) is 3. The maximum Gasteiger partial charge on any atom is 0.141 e. The maximum absolute atomic E-state index is 10.8. The highest BCUT2D eigenvalue weighted by Crippen LogP contribution is 2.38. The largest absolute Gasteiger partial charge is 0.236 e. The van der Waals surface area contributed by atoms with Crippen LogP contribution in [0.4, 0.5) is 0 Å². The van der Waals surface area contributed by atoms with Crippen LogP contribution in [-0.4, -0.2) is 15.7 Å².